The Kier molecular flexibility index (Phi) is 6.23. The number of carboxylic acid groups (broad SMARTS) is 1. The number of imide groups is 1. The van der Waals surface area contributed by atoms with Crippen molar-refractivity contribution in [1.29, 1.82) is 0 Å². The Morgan fingerprint density at radius 1 is 1.17 bits per heavy atom. The monoisotopic (exact) mass is 407 g/mol. The van der Waals surface area contributed by atoms with Gasteiger partial charge >= 0.3 is 11.6 Å². The number of nitro groups is 2. The zero-order chi connectivity index (χ0) is 21.8. The first-order valence-electron chi connectivity index (χ1n) is 8.32. The second-order valence-electron chi connectivity index (χ2n) is 6.00. The van der Waals surface area contributed by atoms with E-state index < -0.39 is 51.6 Å². The van der Waals surface area contributed by atoms with Crippen LogP contribution in [0, 0.1) is 20.2 Å². The van der Waals surface area contributed by atoms with E-state index in [1.54, 1.807) is 0 Å². The summed E-state index contributed by atoms with van der Waals surface area (Å²) < 4.78 is 0. The van der Waals surface area contributed by atoms with E-state index in [4.69, 9.17) is 5.73 Å². The largest absolute Gasteiger partial charge is 0.474 e. The number of aliphatic carboxylic acids is 1. The number of anilines is 1. The Labute approximate surface area is 163 Å². The number of para-hydroxylation sites is 1. The van der Waals surface area contributed by atoms with Crippen LogP contribution in [0.25, 0.3) is 0 Å². The molecular weight excluding hydrogens is 390 g/mol. The van der Waals surface area contributed by atoms with E-state index in [0.29, 0.717) is 4.90 Å². The minimum absolute atomic E-state index is 0.0368. The number of hydrogen-bond donors (Lipinski definition) is 2. The number of amides is 2. The highest BCUT2D eigenvalue weighted by atomic mass is 16.7. The highest BCUT2D eigenvalue weighted by Gasteiger charge is 2.71. The van der Waals surface area contributed by atoms with E-state index in [9.17, 15) is 39.7 Å². The lowest BCUT2D eigenvalue weighted by Crippen LogP contribution is -2.73. The fourth-order valence-electron chi connectivity index (χ4n) is 3.18. The molecule has 1 unspecified atom stereocenters. The van der Waals surface area contributed by atoms with Crippen molar-refractivity contribution in [2.24, 2.45) is 5.73 Å². The molecule has 1 aliphatic rings. The average Bonchev–Trinajstić information content (AvgIpc) is 2.99. The van der Waals surface area contributed by atoms with Crippen LogP contribution in [0.3, 0.4) is 0 Å². The molecule has 2 amide bonds. The van der Waals surface area contributed by atoms with Crippen molar-refractivity contribution in [3.8, 4) is 0 Å². The average molecular weight is 407 g/mol. The molecule has 0 fully saturated rings. The van der Waals surface area contributed by atoms with E-state index in [1.807, 2.05) is 0 Å². The van der Waals surface area contributed by atoms with Gasteiger partial charge in [-0.15, -0.1) is 0 Å². The van der Waals surface area contributed by atoms with Crippen molar-refractivity contribution in [1.82, 2.24) is 4.90 Å². The Morgan fingerprint density at radius 2 is 1.72 bits per heavy atom. The van der Waals surface area contributed by atoms with Gasteiger partial charge in [0.2, 0.25) is 0 Å². The zero-order valence-corrected chi connectivity index (χ0v) is 14.9. The van der Waals surface area contributed by atoms with E-state index in [1.165, 1.54) is 18.2 Å². The van der Waals surface area contributed by atoms with Gasteiger partial charge in [-0.1, -0.05) is 18.2 Å². The molecule has 1 aromatic carbocycles. The van der Waals surface area contributed by atoms with Crippen LogP contribution < -0.4 is 10.7 Å². The van der Waals surface area contributed by atoms with Crippen molar-refractivity contribution in [2.75, 3.05) is 11.6 Å². The number of benzene rings is 1. The molecule has 154 valence electrons. The van der Waals surface area contributed by atoms with Crippen LogP contribution >= 0.6 is 0 Å². The summed E-state index contributed by atoms with van der Waals surface area (Å²) in [4.78, 5) is 59.6. The number of rotatable bonds is 10. The van der Waals surface area contributed by atoms with Gasteiger partial charge in [-0.05, 0) is 36.5 Å². The molecule has 13 heteroatoms. The lowest BCUT2D eigenvalue weighted by atomic mass is 9.92. The van der Waals surface area contributed by atoms with Gasteiger partial charge in [-0.2, -0.15) is 0 Å². The van der Waals surface area contributed by atoms with Crippen LogP contribution in [0.4, 0.5) is 5.69 Å². The maximum atomic E-state index is 12.3. The number of nitrogens with two attached hydrogens (primary N) is 1. The van der Waals surface area contributed by atoms with Crippen molar-refractivity contribution < 1.29 is 29.4 Å². The van der Waals surface area contributed by atoms with E-state index in [-0.39, 0.29) is 18.0 Å². The van der Waals surface area contributed by atoms with Gasteiger partial charge in [0.25, 0.3) is 11.8 Å². The van der Waals surface area contributed by atoms with Crippen molar-refractivity contribution >= 4 is 23.5 Å². The van der Waals surface area contributed by atoms with Gasteiger partial charge in [0.1, 0.15) is 11.7 Å². The van der Waals surface area contributed by atoms with Crippen LogP contribution in [0.15, 0.2) is 42.5 Å². The molecule has 2 atom stereocenters. The number of carbonyl (C=O) groups is 3. The van der Waals surface area contributed by atoms with Crippen LogP contribution in [-0.4, -0.2) is 56.0 Å². The van der Waals surface area contributed by atoms with Gasteiger partial charge in [0, 0.05) is 12.2 Å². The number of carboxylic acids is 1. The molecule has 0 saturated heterocycles. The molecule has 0 spiro atoms. The molecule has 1 aliphatic heterocycles. The summed E-state index contributed by atoms with van der Waals surface area (Å²) in [5.74, 6) is -4.24. The molecule has 0 bridgehead atoms. The highest BCUT2D eigenvalue weighted by molar-refractivity contribution is 6.13. The molecule has 29 heavy (non-hydrogen) atoms. The van der Waals surface area contributed by atoms with Gasteiger partial charge < -0.3 is 10.8 Å². The minimum atomic E-state index is -3.50. The maximum Gasteiger partial charge on any atom is 0.464 e. The lowest BCUT2D eigenvalue weighted by Gasteiger charge is -2.36. The summed E-state index contributed by atoms with van der Waals surface area (Å²) in [5.41, 5.74) is 1.50. The zero-order valence-electron chi connectivity index (χ0n) is 14.9. The van der Waals surface area contributed by atoms with E-state index in [0.717, 1.165) is 24.3 Å². The van der Waals surface area contributed by atoms with E-state index >= 15 is 0 Å². The third-order valence-electron chi connectivity index (χ3n) is 4.38. The standard InChI is InChI=1S/C16H17N5O8/c17-10-4-7-12(18-13(22)8-9-14(18)23)16(15(24)25,20(26)27)19(21(28)29)11-5-2-1-3-6-11/h1-3,5-6,8-9,12H,4,7,10,17H2,(H,24,25)/t12?,16-/m1/s1. The second-order valence-corrected chi connectivity index (χ2v) is 6.00. The van der Waals surface area contributed by atoms with Crippen molar-refractivity contribution in [2.45, 2.75) is 24.5 Å². The normalized spacial score (nSPS) is 16.4. The fourth-order valence-corrected chi connectivity index (χ4v) is 3.18. The summed E-state index contributed by atoms with van der Waals surface area (Å²) in [5, 5.41) is 32.5. The predicted molar refractivity (Wildman–Crippen MR) is 96.3 cm³/mol. The van der Waals surface area contributed by atoms with Gasteiger partial charge in [-0.3, -0.25) is 24.6 Å². The third-order valence-corrected chi connectivity index (χ3v) is 4.38. The fraction of sp³-hybridized carbons (Fsp3) is 0.312. The highest BCUT2D eigenvalue weighted by Crippen LogP contribution is 2.34. The molecule has 0 saturated carbocycles. The summed E-state index contributed by atoms with van der Waals surface area (Å²) in [6, 6.07) is 4.31. The first-order chi connectivity index (χ1) is 13.7. The SMILES string of the molecule is NCCCC(N1C(=O)C=CC1=O)[C@@](C(=O)O)(N(c1ccccc1)[N+](=O)[O-])[N+](=O)[O-]. The molecule has 1 heterocycles. The number of hydrogen-bond acceptors (Lipinski definition) is 8. The molecule has 0 aliphatic carbocycles. The van der Waals surface area contributed by atoms with Crippen molar-refractivity contribution in [3.05, 3.63) is 62.7 Å². The number of hydrazine groups is 1. The Hall–Kier alpha value is -3.87. The molecule has 0 aromatic heterocycles. The summed E-state index contributed by atoms with van der Waals surface area (Å²) in [6.07, 6.45) is 1.14. The number of carbonyl (C=O) groups excluding carboxylic acids is 2. The molecule has 2 rings (SSSR count). The maximum absolute atomic E-state index is 12.3. The van der Waals surface area contributed by atoms with Gasteiger partial charge in [-0.25, -0.2) is 14.9 Å². The Morgan fingerprint density at radius 3 is 2.14 bits per heavy atom. The van der Waals surface area contributed by atoms with Gasteiger partial charge in [0.15, 0.2) is 5.03 Å². The molecular formula is C16H17N5O8. The Bertz CT molecular complexity index is 839. The topological polar surface area (TPSA) is 190 Å². The molecule has 1 aromatic rings. The third kappa shape index (κ3) is 3.62. The van der Waals surface area contributed by atoms with Crippen LogP contribution in [-0.2, 0) is 14.4 Å². The van der Waals surface area contributed by atoms with Crippen LogP contribution in [0.1, 0.15) is 12.8 Å². The van der Waals surface area contributed by atoms with Crippen LogP contribution in [0.5, 0.6) is 0 Å². The van der Waals surface area contributed by atoms with Crippen molar-refractivity contribution in [3.63, 3.8) is 0 Å². The predicted octanol–water partition coefficient (Wildman–Crippen LogP) is -0.225. The molecule has 13 nitrogen and oxygen atoms in total. The summed E-state index contributed by atoms with van der Waals surface area (Å²) in [6.45, 7) is -0.0582. The quantitative estimate of drug-likeness (QED) is 0.227. The first-order valence-corrected chi connectivity index (χ1v) is 8.32. The number of nitrogens with zero attached hydrogens (tertiary/aromatic N) is 4. The van der Waals surface area contributed by atoms with Gasteiger partial charge in [0.05, 0.1) is 4.92 Å². The lowest BCUT2D eigenvalue weighted by molar-refractivity contribution is -0.629. The summed E-state index contributed by atoms with van der Waals surface area (Å²) >= 11 is 0. The second kappa shape index (κ2) is 8.43. The van der Waals surface area contributed by atoms with E-state index in [2.05, 4.69) is 0 Å². The first kappa shape index (κ1) is 21.4. The smallest absolute Gasteiger partial charge is 0.464 e. The van der Waals surface area contributed by atoms with Crippen LogP contribution in [0.2, 0.25) is 0 Å². The Balaban J connectivity index is 2.81. The minimum Gasteiger partial charge on any atom is -0.474 e. The molecule has 0 radical (unpaired) electrons. The molecule has 3 N–H and O–H groups in total. The summed E-state index contributed by atoms with van der Waals surface area (Å²) in [7, 11) is 0.